The summed E-state index contributed by atoms with van der Waals surface area (Å²) in [6, 6.07) is 2.28. The Kier molecular flexibility index (Phi) is 2.51. The zero-order valence-electron chi connectivity index (χ0n) is 8.68. The first-order valence-electron chi connectivity index (χ1n) is 4.49. The van der Waals surface area contributed by atoms with Crippen molar-refractivity contribution in [3.8, 4) is 0 Å². The Labute approximate surface area is 75.1 Å². The Hall–Kier alpha value is -0.850. The number of rotatable bonds is 1. The summed E-state index contributed by atoms with van der Waals surface area (Å²) < 4.78 is 2.22. The van der Waals surface area contributed by atoms with E-state index in [0.717, 1.165) is 0 Å². The van der Waals surface area contributed by atoms with E-state index in [-0.39, 0.29) is 0 Å². The Bertz CT molecular complexity index is 287. The van der Waals surface area contributed by atoms with E-state index in [1.807, 2.05) is 0 Å². The van der Waals surface area contributed by atoms with Crippen molar-refractivity contribution in [1.29, 1.82) is 0 Å². The quantitative estimate of drug-likeness (QED) is 0.560. The maximum atomic E-state index is 2.28. The molecular formula is C11H18N+. The lowest BCUT2D eigenvalue weighted by Crippen LogP contribution is -2.34. The molecule has 1 aromatic heterocycles. The maximum Gasteiger partial charge on any atom is 0.183 e. The molecule has 0 aromatic carbocycles. The third-order valence-corrected chi connectivity index (χ3v) is 2.37. The zero-order chi connectivity index (χ0) is 9.30. The predicted octanol–water partition coefficient (Wildman–Crippen LogP) is 2.25. The summed E-state index contributed by atoms with van der Waals surface area (Å²) in [6.45, 7) is 8.77. The van der Waals surface area contributed by atoms with Crippen LogP contribution in [-0.4, -0.2) is 0 Å². The average Bonchev–Trinajstić information content (AvgIpc) is 1.96. The number of pyridine rings is 1. The molecule has 1 heteroatoms. The summed E-state index contributed by atoms with van der Waals surface area (Å²) in [6.07, 6.45) is 2.20. The van der Waals surface area contributed by atoms with Crippen LogP contribution >= 0.6 is 0 Å². The van der Waals surface area contributed by atoms with Gasteiger partial charge in [-0.3, -0.25) is 0 Å². The van der Waals surface area contributed by atoms with Crippen molar-refractivity contribution < 1.29 is 4.57 Å². The number of aromatic nitrogens is 1. The van der Waals surface area contributed by atoms with Gasteiger partial charge >= 0.3 is 0 Å². The van der Waals surface area contributed by atoms with Gasteiger partial charge in [0.25, 0.3) is 0 Å². The second kappa shape index (κ2) is 3.26. The van der Waals surface area contributed by atoms with Crippen LogP contribution in [0, 0.1) is 13.8 Å². The van der Waals surface area contributed by atoms with E-state index < -0.39 is 0 Å². The largest absolute Gasteiger partial charge is 0.205 e. The number of aryl methyl sites for hydroxylation is 3. The highest BCUT2D eigenvalue weighted by Crippen LogP contribution is 2.12. The molecule has 0 spiro atoms. The van der Waals surface area contributed by atoms with Crippen molar-refractivity contribution in [2.45, 2.75) is 33.6 Å². The Morgan fingerprint density at radius 3 is 2.25 bits per heavy atom. The lowest BCUT2D eigenvalue weighted by atomic mass is 10.1. The van der Waals surface area contributed by atoms with Gasteiger partial charge in [0.1, 0.15) is 7.05 Å². The van der Waals surface area contributed by atoms with Crippen LogP contribution in [0.15, 0.2) is 12.3 Å². The van der Waals surface area contributed by atoms with E-state index in [1.54, 1.807) is 0 Å². The van der Waals surface area contributed by atoms with Gasteiger partial charge in [-0.25, -0.2) is 4.57 Å². The lowest BCUT2D eigenvalue weighted by molar-refractivity contribution is -0.680. The van der Waals surface area contributed by atoms with Gasteiger partial charge in [0.05, 0.1) is 0 Å². The molecule has 12 heavy (non-hydrogen) atoms. The molecule has 66 valence electrons. The highest BCUT2D eigenvalue weighted by atomic mass is 14.9. The van der Waals surface area contributed by atoms with Crippen LogP contribution in [0.1, 0.15) is 36.6 Å². The van der Waals surface area contributed by atoms with Crippen LogP contribution < -0.4 is 4.57 Å². The number of nitrogens with zero attached hydrogens (tertiary/aromatic N) is 1. The van der Waals surface area contributed by atoms with Crippen LogP contribution in [0.2, 0.25) is 0 Å². The first-order valence-corrected chi connectivity index (χ1v) is 4.49. The van der Waals surface area contributed by atoms with Gasteiger partial charge in [0.2, 0.25) is 0 Å². The van der Waals surface area contributed by atoms with Crippen molar-refractivity contribution >= 4 is 0 Å². The molecule has 0 aliphatic heterocycles. The fourth-order valence-electron chi connectivity index (χ4n) is 1.48. The molecule has 0 N–H and O–H groups in total. The van der Waals surface area contributed by atoms with Gasteiger partial charge in [-0.1, -0.05) is 13.8 Å². The SMILES string of the molecule is Cc1cc(C(C)C)[n+](C)cc1C. The molecule has 0 saturated heterocycles. The third kappa shape index (κ3) is 1.66. The van der Waals surface area contributed by atoms with Gasteiger partial charge < -0.3 is 0 Å². The fourth-order valence-corrected chi connectivity index (χ4v) is 1.48. The monoisotopic (exact) mass is 164 g/mol. The smallest absolute Gasteiger partial charge is 0.183 e. The molecule has 0 amide bonds. The van der Waals surface area contributed by atoms with E-state index in [2.05, 4.69) is 51.6 Å². The van der Waals surface area contributed by atoms with Gasteiger partial charge in [-0.05, 0) is 19.4 Å². The molecule has 0 atom stereocenters. The van der Waals surface area contributed by atoms with Gasteiger partial charge in [0, 0.05) is 17.5 Å². The number of hydrogen-bond acceptors (Lipinski definition) is 0. The van der Waals surface area contributed by atoms with Crippen molar-refractivity contribution in [3.05, 3.63) is 29.1 Å². The lowest BCUT2D eigenvalue weighted by Gasteiger charge is -2.05. The molecule has 0 unspecified atom stereocenters. The van der Waals surface area contributed by atoms with Crippen LogP contribution in [-0.2, 0) is 7.05 Å². The molecule has 1 heterocycles. The summed E-state index contributed by atoms with van der Waals surface area (Å²) in [5.41, 5.74) is 4.15. The molecule has 0 aliphatic rings. The minimum absolute atomic E-state index is 0.606. The van der Waals surface area contributed by atoms with Gasteiger partial charge in [-0.15, -0.1) is 0 Å². The topological polar surface area (TPSA) is 3.88 Å². The summed E-state index contributed by atoms with van der Waals surface area (Å²) in [7, 11) is 2.11. The normalized spacial score (nSPS) is 10.8. The second-order valence-corrected chi connectivity index (χ2v) is 3.83. The number of hydrogen-bond donors (Lipinski definition) is 0. The standard InChI is InChI=1S/C11H18N/c1-8(2)11-6-9(3)10(4)7-12(11)5/h6-8H,1-5H3/q+1. The van der Waals surface area contributed by atoms with Crippen LogP contribution in [0.5, 0.6) is 0 Å². The summed E-state index contributed by atoms with van der Waals surface area (Å²) in [5.74, 6) is 0.606. The van der Waals surface area contributed by atoms with Crippen LogP contribution in [0.4, 0.5) is 0 Å². The minimum atomic E-state index is 0.606. The molecule has 0 aliphatic carbocycles. The van der Waals surface area contributed by atoms with E-state index in [4.69, 9.17) is 0 Å². The first kappa shape index (κ1) is 9.24. The first-order chi connectivity index (χ1) is 5.52. The fraction of sp³-hybridized carbons (Fsp3) is 0.545. The molecular weight excluding hydrogens is 146 g/mol. The van der Waals surface area contributed by atoms with Crippen molar-refractivity contribution in [2.24, 2.45) is 7.05 Å². The summed E-state index contributed by atoms with van der Waals surface area (Å²) >= 11 is 0. The Balaban J connectivity index is 3.23. The summed E-state index contributed by atoms with van der Waals surface area (Å²) in [4.78, 5) is 0. The second-order valence-electron chi connectivity index (χ2n) is 3.83. The van der Waals surface area contributed by atoms with E-state index in [9.17, 15) is 0 Å². The molecule has 0 bridgehead atoms. The van der Waals surface area contributed by atoms with E-state index in [1.165, 1.54) is 16.8 Å². The van der Waals surface area contributed by atoms with Crippen LogP contribution in [0.3, 0.4) is 0 Å². The Morgan fingerprint density at radius 2 is 1.75 bits per heavy atom. The average molecular weight is 164 g/mol. The van der Waals surface area contributed by atoms with Crippen molar-refractivity contribution in [2.75, 3.05) is 0 Å². The molecule has 0 saturated carbocycles. The van der Waals surface area contributed by atoms with E-state index >= 15 is 0 Å². The molecule has 0 radical (unpaired) electrons. The Morgan fingerprint density at radius 1 is 1.17 bits per heavy atom. The van der Waals surface area contributed by atoms with Crippen molar-refractivity contribution in [3.63, 3.8) is 0 Å². The summed E-state index contributed by atoms with van der Waals surface area (Å²) in [5, 5.41) is 0. The predicted molar refractivity (Wildman–Crippen MR) is 51.2 cm³/mol. The third-order valence-electron chi connectivity index (χ3n) is 2.37. The molecule has 1 nitrogen and oxygen atoms in total. The highest BCUT2D eigenvalue weighted by Gasteiger charge is 2.12. The minimum Gasteiger partial charge on any atom is -0.205 e. The highest BCUT2D eigenvalue weighted by molar-refractivity contribution is 5.21. The van der Waals surface area contributed by atoms with Gasteiger partial charge in [-0.2, -0.15) is 0 Å². The molecule has 1 aromatic rings. The maximum absolute atomic E-state index is 2.28. The van der Waals surface area contributed by atoms with Gasteiger partial charge in [0.15, 0.2) is 11.9 Å². The molecule has 1 rings (SSSR count). The molecule has 0 fully saturated rings. The van der Waals surface area contributed by atoms with Crippen LogP contribution in [0.25, 0.3) is 0 Å². The van der Waals surface area contributed by atoms with Crippen molar-refractivity contribution in [1.82, 2.24) is 0 Å². The zero-order valence-corrected chi connectivity index (χ0v) is 8.68. The van der Waals surface area contributed by atoms with E-state index in [0.29, 0.717) is 5.92 Å².